The molecule has 1 aromatic heterocycles. The van der Waals surface area contributed by atoms with Crippen molar-refractivity contribution < 1.29 is 9.23 Å². The summed E-state index contributed by atoms with van der Waals surface area (Å²) in [5, 5.41) is 18.5. The minimum absolute atomic E-state index is 0.185. The predicted octanol–water partition coefficient (Wildman–Crippen LogP) is 1.38. The number of amidine groups is 1. The molecule has 0 saturated carbocycles. The summed E-state index contributed by atoms with van der Waals surface area (Å²) >= 11 is 0. The fourth-order valence-electron chi connectivity index (χ4n) is 4.10. The third kappa shape index (κ3) is 2.83. The van der Waals surface area contributed by atoms with Crippen molar-refractivity contribution in [1.82, 2.24) is 25.7 Å². The van der Waals surface area contributed by atoms with Gasteiger partial charge in [-0.2, -0.15) is 5.10 Å². The molecule has 0 amide bonds. The molecule has 0 spiro atoms. The molecule has 3 N–H and O–H groups in total. The van der Waals surface area contributed by atoms with Gasteiger partial charge in [-0.3, -0.25) is 5.10 Å². The lowest BCUT2D eigenvalue weighted by Crippen LogP contribution is -2.52. The Hall–Kier alpha value is -2.19. The van der Waals surface area contributed by atoms with Crippen LogP contribution in [0.25, 0.3) is 10.9 Å². The number of fused-ring (bicyclic) bond motifs is 1. The van der Waals surface area contributed by atoms with Crippen LogP contribution in [0.15, 0.2) is 23.5 Å². The van der Waals surface area contributed by atoms with Crippen LogP contribution in [-0.4, -0.2) is 59.4 Å². The number of hydrogen-bond donors (Lipinski definition) is 3. The summed E-state index contributed by atoms with van der Waals surface area (Å²) < 4.78 is 14.4. The lowest BCUT2D eigenvalue weighted by atomic mass is 9.94. The van der Waals surface area contributed by atoms with Gasteiger partial charge in [-0.05, 0) is 51.0 Å². The van der Waals surface area contributed by atoms with Crippen LogP contribution in [0.1, 0.15) is 24.8 Å². The normalized spacial score (nSPS) is 27.0. The Morgan fingerprint density at radius 1 is 1.23 bits per heavy atom. The first-order valence-electron chi connectivity index (χ1n) is 9.36. The maximum atomic E-state index is 14.4. The van der Waals surface area contributed by atoms with Crippen molar-refractivity contribution in [2.24, 2.45) is 11.1 Å². The molecule has 0 radical (unpaired) electrons. The average molecular weight is 358 g/mol. The topological polar surface area (TPSA) is 77.6 Å². The molecule has 8 heteroatoms. The molecule has 4 heterocycles. The molecule has 2 fully saturated rings. The highest BCUT2D eigenvalue weighted by Crippen LogP contribution is 2.27. The third-order valence-electron chi connectivity index (χ3n) is 5.81. The fraction of sp³-hybridized carbons (Fsp3) is 0.556. The van der Waals surface area contributed by atoms with Crippen molar-refractivity contribution in [1.29, 1.82) is 0 Å². The van der Waals surface area contributed by atoms with Crippen LogP contribution in [0.3, 0.4) is 0 Å². The number of rotatable bonds is 4. The minimum Gasteiger partial charge on any atom is -0.368 e. The van der Waals surface area contributed by atoms with E-state index in [-0.39, 0.29) is 12.0 Å². The molecular formula is C18H23FN6O. The minimum atomic E-state index is -0.322. The molecular weight excluding hydrogens is 335 g/mol. The van der Waals surface area contributed by atoms with Crippen LogP contribution in [0.5, 0.6) is 0 Å². The van der Waals surface area contributed by atoms with Gasteiger partial charge in [-0.1, -0.05) is 5.16 Å². The van der Waals surface area contributed by atoms with E-state index in [0.29, 0.717) is 28.7 Å². The first kappa shape index (κ1) is 16.0. The van der Waals surface area contributed by atoms with Crippen molar-refractivity contribution in [3.8, 4) is 0 Å². The zero-order valence-corrected chi connectivity index (χ0v) is 14.5. The summed E-state index contributed by atoms with van der Waals surface area (Å²) in [6.45, 7) is 4.44. The van der Waals surface area contributed by atoms with Gasteiger partial charge >= 0.3 is 0 Å². The molecule has 2 unspecified atom stereocenters. The van der Waals surface area contributed by atoms with Crippen LogP contribution >= 0.6 is 0 Å². The Labute approximate surface area is 150 Å². The van der Waals surface area contributed by atoms with Gasteiger partial charge in [0.15, 0.2) is 5.84 Å². The molecule has 0 aliphatic carbocycles. The number of aromatic nitrogens is 2. The number of nitrogens with one attached hydrogen (secondary N) is 3. The quantitative estimate of drug-likeness (QED) is 0.770. The zero-order chi connectivity index (χ0) is 17.5. The number of halogens is 1. The molecule has 26 heavy (non-hydrogen) atoms. The average Bonchev–Trinajstić information content (AvgIpc) is 3.28. The zero-order valence-electron chi connectivity index (χ0n) is 14.5. The Morgan fingerprint density at radius 3 is 2.85 bits per heavy atom. The van der Waals surface area contributed by atoms with Gasteiger partial charge < -0.3 is 20.4 Å². The Kier molecular flexibility index (Phi) is 4.01. The second-order valence-electron chi connectivity index (χ2n) is 7.44. The number of nitrogens with zero attached hydrogens (tertiary/aromatic N) is 3. The van der Waals surface area contributed by atoms with E-state index >= 15 is 0 Å². The number of likely N-dealkylation sites (tertiary alicyclic amines) is 1. The predicted molar refractivity (Wildman–Crippen MR) is 96.2 cm³/mol. The Bertz CT molecular complexity index is 824. The van der Waals surface area contributed by atoms with Gasteiger partial charge in [0.05, 0.1) is 17.3 Å². The van der Waals surface area contributed by atoms with Gasteiger partial charge in [0.1, 0.15) is 5.82 Å². The summed E-state index contributed by atoms with van der Waals surface area (Å²) in [4.78, 5) is 8.16. The molecule has 0 bridgehead atoms. The first-order chi connectivity index (χ1) is 12.8. The number of H-pyrrole nitrogens is 1. The van der Waals surface area contributed by atoms with Gasteiger partial charge in [-0.25, -0.2) is 4.39 Å². The molecule has 1 aromatic carbocycles. The van der Waals surface area contributed by atoms with E-state index in [1.807, 2.05) is 0 Å². The van der Waals surface area contributed by atoms with Crippen LogP contribution in [-0.2, 0) is 4.84 Å². The maximum Gasteiger partial charge on any atom is 0.201 e. The van der Waals surface area contributed by atoms with E-state index in [1.165, 1.54) is 12.5 Å². The van der Waals surface area contributed by atoms with E-state index < -0.39 is 0 Å². The second-order valence-corrected chi connectivity index (χ2v) is 7.44. The van der Waals surface area contributed by atoms with E-state index in [1.54, 1.807) is 12.3 Å². The van der Waals surface area contributed by atoms with Crippen molar-refractivity contribution in [3.63, 3.8) is 0 Å². The number of benzene rings is 1. The first-order valence-corrected chi connectivity index (χ1v) is 9.36. The molecule has 3 aliphatic rings. The summed E-state index contributed by atoms with van der Waals surface area (Å²) in [6.07, 6.45) is 4.85. The van der Waals surface area contributed by atoms with E-state index in [2.05, 4.69) is 30.9 Å². The van der Waals surface area contributed by atoms with Crippen molar-refractivity contribution >= 4 is 16.7 Å². The third-order valence-corrected chi connectivity index (χ3v) is 5.81. The fourth-order valence-corrected chi connectivity index (χ4v) is 4.10. The van der Waals surface area contributed by atoms with Crippen LogP contribution < -0.4 is 10.6 Å². The van der Waals surface area contributed by atoms with Crippen molar-refractivity contribution in [3.05, 3.63) is 29.7 Å². The molecule has 3 aliphatic heterocycles. The van der Waals surface area contributed by atoms with Crippen molar-refractivity contribution in [2.45, 2.75) is 31.5 Å². The summed E-state index contributed by atoms with van der Waals surface area (Å²) in [6, 6.07) is 3.78. The lowest BCUT2D eigenvalue weighted by Gasteiger charge is -2.38. The Morgan fingerprint density at radius 2 is 2.08 bits per heavy atom. The largest absolute Gasteiger partial charge is 0.368 e. The number of piperidine rings is 1. The lowest BCUT2D eigenvalue weighted by molar-refractivity contribution is 0.000719. The molecule has 138 valence electrons. The highest BCUT2D eigenvalue weighted by atomic mass is 19.1. The van der Waals surface area contributed by atoms with E-state index in [0.717, 1.165) is 44.5 Å². The monoisotopic (exact) mass is 358 g/mol. The van der Waals surface area contributed by atoms with Gasteiger partial charge in [0.2, 0.25) is 6.23 Å². The summed E-state index contributed by atoms with van der Waals surface area (Å²) in [5.74, 6) is 0.520. The standard InChI is InChI=1S/C18H23FN6O/c19-14-1-2-15-13(9-21-23-15)16(14)17-22-18(26-24-17)11-4-7-25(8-5-11)10-12-3-6-20-12/h1-2,9,11-12,18,20H,3-8,10H2,(H,21,23)(H,22,24). The Balaban J connectivity index is 1.23. The summed E-state index contributed by atoms with van der Waals surface area (Å²) in [5.41, 5.74) is 1.21. The van der Waals surface area contributed by atoms with Crippen LogP contribution in [0.2, 0.25) is 0 Å². The maximum absolute atomic E-state index is 14.4. The van der Waals surface area contributed by atoms with Gasteiger partial charge in [-0.15, -0.1) is 0 Å². The highest BCUT2D eigenvalue weighted by molar-refractivity contribution is 6.09. The van der Waals surface area contributed by atoms with Crippen LogP contribution in [0.4, 0.5) is 4.39 Å². The SMILES string of the molecule is Fc1ccc2[nH]ncc2c1C1=NOC(C2CCN(CC3CCN3)CC2)N1. The second kappa shape index (κ2) is 6.51. The molecule has 2 atom stereocenters. The number of oxime groups is 1. The summed E-state index contributed by atoms with van der Waals surface area (Å²) in [7, 11) is 0. The van der Waals surface area contributed by atoms with Crippen LogP contribution in [0, 0.1) is 11.7 Å². The number of hydrogen-bond acceptors (Lipinski definition) is 6. The molecule has 7 nitrogen and oxygen atoms in total. The van der Waals surface area contributed by atoms with E-state index in [9.17, 15) is 4.39 Å². The van der Waals surface area contributed by atoms with Crippen molar-refractivity contribution in [2.75, 3.05) is 26.2 Å². The molecule has 2 aromatic rings. The van der Waals surface area contributed by atoms with E-state index in [4.69, 9.17) is 4.84 Å². The smallest absolute Gasteiger partial charge is 0.201 e. The molecule has 5 rings (SSSR count). The number of aromatic amines is 1. The van der Waals surface area contributed by atoms with Gasteiger partial charge in [0.25, 0.3) is 0 Å². The van der Waals surface area contributed by atoms with Gasteiger partial charge in [0, 0.05) is 23.9 Å². The highest BCUT2D eigenvalue weighted by Gasteiger charge is 2.34. The molecule has 2 saturated heterocycles.